The van der Waals surface area contributed by atoms with E-state index in [0.29, 0.717) is 12.8 Å². The molecule has 0 bridgehead atoms. The summed E-state index contributed by atoms with van der Waals surface area (Å²) in [6.07, 6.45) is 3.07. The smallest absolute Gasteiger partial charge is 0.221 e. The molecule has 0 saturated carbocycles. The fraction of sp³-hybridized carbons (Fsp3) is 0.500. The molecule has 29 heavy (non-hydrogen) atoms. The van der Waals surface area contributed by atoms with Crippen molar-refractivity contribution in [1.82, 2.24) is 15.3 Å². The topological polar surface area (TPSA) is 68.5 Å². The fourth-order valence-electron chi connectivity index (χ4n) is 3.76. The molecule has 2 N–H and O–H groups in total. The van der Waals surface area contributed by atoms with Crippen LogP contribution in [0.2, 0.25) is 0 Å². The average molecular weight is 416 g/mol. The number of benzene rings is 1. The summed E-state index contributed by atoms with van der Waals surface area (Å²) in [5, 5.41) is 4.05. The Balaban J connectivity index is 1.64. The van der Waals surface area contributed by atoms with Gasteiger partial charge in [-0.3, -0.25) is 4.79 Å². The second-order valence-electron chi connectivity index (χ2n) is 7.46. The van der Waals surface area contributed by atoms with E-state index in [1.54, 1.807) is 0 Å². The van der Waals surface area contributed by atoms with Crippen LogP contribution in [-0.4, -0.2) is 55.0 Å². The Morgan fingerprint density at radius 3 is 2.45 bits per heavy atom. The van der Waals surface area contributed by atoms with Gasteiger partial charge in [0.2, 0.25) is 5.91 Å². The van der Waals surface area contributed by atoms with Gasteiger partial charge in [0.05, 0.1) is 13.2 Å². The zero-order valence-corrected chi connectivity index (χ0v) is 18.3. The van der Waals surface area contributed by atoms with Crippen molar-refractivity contribution in [3.8, 4) is 0 Å². The Morgan fingerprint density at radius 2 is 1.83 bits per heavy atom. The van der Waals surface area contributed by atoms with Crippen molar-refractivity contribution in [3.63, 3.8) is 0 Å². The summed E-state index contributed by atoms with van der Waals surface area (Å²) in [6.45, 7) is 8.41. The third kappa shape index (κ3) is 6.26. The largest absolute Gasteiger partial charge is 0.370 e. The minimum Gasteiger partial charge on any atom is -0.370 e. The van der Waals surface area contributed by atoms with Crippen LogP contribution in [0.25, 0.3) is 0 Å². The van der Waals surface area contributed by atoms with E-state index in [2.05, 4.69) is 27.4 Å². The number of quaternary nitrogens is 1. The maximum absolute atomic E-state index is 12.8. The molecule has 1 aliphatic rings. The van der Waals surface area contributed by atoms with Crippen LogP contribution >= 0.6 is 11.8 Å². The number of nitrogens with zero attached hydrogens (tertiary/aromatic N) is 2. The predicted molar refractivity (Wildman–Crippen MR) is 115 cm³/mol. The van der Waals surface area contributed by atoms with Crippen molar-refractivity contribution in [3.05, 3.63) is 52.8 Å². The van der Waals surface area contributed by atoms with Crippen LogP contribution in [-0.2, 0) is 16.0 Å². The van der Waals surface area contributed by atoms with Crippen LogP contribution in [0.4, 0.5) is 0 Å². The molecule has 3 rings (SSSR count). The Morgan fingerprint density at radius 1 is 1.17 bits per heavy atom. The van der Waals surface area contributed by atoms with E-state index in [1.165, 1.54) is 16.7 Å². The number of amides is 1. The maximum Gasteiger partial charge on any atom is 0.221 e. The molecule has 0 spiro atoms. The number of ether oxygens (including phenoxy) is 1. The van der Waals surface area contributed by atoms with Gasteiger partial charge in [0.25, 0.3) is 0 Å². The molecule has 2 heterocycles. The second kappa shape index (κ2) is 10.7. The molecule has 6 nitrogen and oxygen atoms in total. The van der Waals surface area contributed by atoms with E-state index < -0.39 is 0 Å². The summed E-state index contributed by atoms with van der Waals surface area (Å²) in [7, 11) is 0. The number of nitrogens with one attached hydrogen (secondary N) is 2. The molecular weight excluding hydrogens is 384 g/mol. The van der Waals surface area contributed by atoms with Crippen LogP contribution in [0.5, 0.6) is 0 Å². The molecule has 0 aliphatic carbocycles. The highest BCUT2D eigenvalue weighted by atomic mass is 32.2. The van der Waals surface area contributed by atoms with Crippen LogP contribution in [0.15, 0.2) is 35.5 Å². The van der Waals surface area contributed by atoms with Crippen LogP contribution in [0.3, 0.4) is 0 Å². The van der Waals surface area contributed by atoms with Gasteiger partial charge in [-0.2, -0.15) is 0 Å². The van der Waals surface area contributed by atoms with Crippen molar-refractivity contribution < 1.29 is 14.4 Å². The van der Waals surface area contributed by atoms with E-state index in [9.17, 15) is 4.79 Å². The number of aryl methyl sites for hydroxylation is 2. The first-order chi connectivity index (χ1) is 14.1. The number of hydrogen-bond acceptors (Lipinski definition) is 5. The molecule has 0 radical (unpaired) electrons. The van der Waals surface area contributed by atoms with E-state index in [0.717, 1.165) is 60.5 Å². The Hall–Kier alpha value is -1.96. The third-order valence-electron chi connectivity index (χ3n) is 5.41. The van der Waals surface area contributed by atoms with Crippen LogP contribution in [0.1, 0.15) is 35.0 Å². The number of carbonyl (C=O) groups excluding carboxylic acids is 1. The van der Waals surface area contributed by atoms with E-state index in [1.807, 2.05) is 38.3 Å². The van der Waals surface area contributed by atoms with Gasteiger partial charge in [0.1, 0.15) is 25.7 Å². The molecule has 1 fully saturated rings. The molecule has 1 atom stereocenters. The maximum atomic E-state index is 12.8. The summed E-state index contributed by atoms with van der Waals surface area (Å²) >= 11 is 1.54. The van der Waals surface area contributed by atoms with Crippen molar-refractivity contribution in [1.29, 1.82) is 0 Å². The zero-order valence-electron chi connectivity index (χ0n) is 17.5. The van der Waals surface area contributed by atoms with E-state index in [-0.39, 0.29) is 11.9 Å². The van der Waals surface area contributed by atoms with Gasteiger partial charge in [-0.25, -0.2) is 9.97 Å². The molecule has 0 unspecified atom stereocenters. The molecule has 1 saturated heterocycles. The molecule has 1 aromatic heterocycles. The lowest BCUT2D eigenvalue weighted by Gasteiger charge is -2.28. The highest BCUT2D eigenvalue weighted by molar-refractivity contribution is 7.98. The minimum absolute atomic E-state index is 0.00844. The SMILES string of the molecule is CSc1nc(C)c(CCC(=O)N[C@@H](C[NH+]2CCOCC2)c2ccccc2)c(C)n1. The van der Waals surface area contributed by atoms with Crippen LogP contribution < -0.4 is 10.2 Å². The van der Waals surface area contributed by atoms with Gasteiger partial charge in [0, 0.05) is 17.8 Å². The van der Waals surface area contributed by atoms with Gasteiger partial charge in [-0.1, -0.05) is 42.1 Å². The predicted octanol–water partition coefficient (Wildman–Crippen LogP) is 1.52. The van der Waals surface area contributed by atoms with Crippen molar-refractivity contribution in [2.24, 2.45) is 0 Å². The summed E-state index contributed by atoms with van der Waals surface area (Å²) in [6, 6.07) is 10.3. The quantitative estimate of drug-likeness (QED) is 0.505. The minimum atomic E-state index is 0.00844. The fourth-order valence-corrected chi connectivity index (χ4v) is 4.21. The summed E-state index contributed by atoms with van der Waals surface area (Å²) in [5.41, 5.74) is 4.16. The van der Waals surface area contributed by atoms with Gasteiger partial charge < -0.3 is 15.0 Å². The molecule has 7 heteroatoms. The normalized spacial score (nSPS) is 15.8. The van der Waals surface area contributed by atoms with Crippen molar-refractivity contribution in [2.75, 3.05) is 39.1 Å². The Bertz CT molecular complexity index is 787. The number of hydrogen-bond donors (Lipinski definition) is 2. The lowest BCUT2D eigenvalue weighted by molar-refractivity contribution is -0.909. The first kappa shape index (κ1) is 21.7. The molecular formula is C22H31N4O2S+. The van der Waals surface area contributed by atoms with Crippen molar-refractivity contribution in [2.45, 2.75) is 37.9 Å². The molecule has 156 valence electrons. The van der Waals surface area contributed by atoms with Crippen molar-refractivity contribution >= 4 is 17.7 Å². The number of rotatable bonds is 8. The molecule has 1 aliphatic heterocycles. The molecule has 2 aromatic rings. The average Bonchev–Trinajstić information content (AvgIpc) is 2.74. The standard InChI is InChI=1S/C22H30N4O2S/c1-16-19(17(2)24-22(23-16)29-3)9-10-21(27)25-20(18-7-5-4-6-8-18)15-26-11-13-28-14-12-26/h4-8,20H,9-15H2,1-3H3,(H,25,27)/p+1/t20-/m0/s1. The number of morpholine rings is 1. The molecule has 1 amide bonds. The van der Waals surface area contributed by atoms with Gasteiger partial charge in [-0.15, -0.1) is 0 Å². The zero-order chi connectivity index (χ0) is 20.6. The lowest BCUT2D eigenvalue weighted by Crippen LogP contribution is -3.14. The first-order valence-electron chi connectivity index (χ1n) is 10.2. The van der Waals surface area contributed by atoms with Gasteiger partial charge in [0.15, 0.2) is 5.16 Å². The summed E-state index contributed by atoms with van der Waals surface area (Å²) in [4.78, 5) is 23.3. The first-order valence-corrected chi connectivity index (χ1v) is 11.4. The van der Waals surface area contributed by atoms with Gasteiger partial charge in [-0.05, 0) is 37.7 Å². The van der Waals surface area contributed by atoms with Crippen LogP contribution in [0, 0.1) is 13.8 Å². The highest BCUT2D eigenvalue weighted by Crippen LogP contribution is 2.17. The highest BCUT2D eigenvalue weighted by Gasteiger charge is 2.23. The van der Waals surface area contributed by atoms with E-state index >= 15 is 0 Å². The number of thioether (sulfide) groups is 1. The summed E-state index contributed by atoms with van der Waals surface area (Å²) in [5.74, 6) is 0.0688. The summed E-state index contributed by atoms with van der Waals surface area (Å²) < 4.78 is 5.47. The lowest BCUT2D eigenvalue weighted by atomic mass is 10.0. The number of aromatic nitrogens is 2. The number of carbonyl (C=O) groups is 1. The Labute approximate surface area is 177 Å². The molecule has 1 aromatic carbocycles. The monoisotopic (exact) mass is 415 g/mol. The third-order valence-corrected chi connectivity index (χ3v) is 5.96. The van der Waals surface area contributed by atoms with Gasteiger partial charge >= 0.3 is 0 Å². The Kier molecular flexibility index (Phi) is 8.03. The second-order valence-corrected chi connectivity index (χ2v) is 8.23. The van der Waals surface area contributed by atoms with E-state index in [4.69, 9.17) is 4.74 Å².